The number of piperazine rings is 1. The Hall–Kier alpha value is -3.62. The van der Waals surface area contributed by atoms with Gasteiger partial charge in [-0.3, -0.25) is 14.3 Å². The lowest BCUT2D eigenvalue weighted by Crippen LogP contribution is -2.45. The van der Waals surface area contributed by atoms with Crippen molar-refractivity contribution in [3.05, 3.63) is 96.3 Å². The number of amides is 1. The highest BCUT2D eigenvalue weighted by molar-refractivity contribution is 7.99. The van der Waals surface area contributed by atoms with Crippen LogP contribution in [0.4, 0.5) is 11.4 Å². The number of nitrogens with zero attached hydrogens (tertiary/aromatic N) is 5. The molecule has 0 atom stereocenters. The predicted octanol–water partition coefficient (Wildman–Crippen LogP) is 4.63. The maximum absolute atomic E-state index is 12.6. The number of thioether (sulfide) groups is 1. The number of aryl methyl sites for hydroxylation is 1. The van der Waals surface area contributed by atoms with E-state index in [9.17, 15) is 4.79 Å². The van der Waals surface area contributed by atoms with E-state index in [-0.39, 0.29) is 11.7 Å². The predicted molar refractivity (Wildman–Crippen MR) is 146 cm³/mol. The van der Waals surface area contributed by atoms with Gasteiger partial charge >= 0.3 is 0 Å². The second-order valence-electron chi connectivity index (χ2n) is 8.95. The second-order valence-corrected chi connectivity index (χ2v) is 9.89. The number of anilines is 2. The minimum atomic E-state index is -0.0688. The summed E-state index contributed by atoms with van der Waals surface area (Å²) in [6.07, 6.45) is 1.67. The average molecular weight is 499 g/mol. The molecule has 1 saturated heterocycles. The van der Waals surface area contributed by atoms with Crippen molar-refractivity contribution < 1.29 is 4.79 Å². The van der Waals surface area contributed by atoms with E-state index >= 15 is 0 Å². The molecule has 1 aromatic heterocycles. The topological polar surface area (TPSA) is 66.3 Å². The number of carbonyl (C=O) groups is 1. The van der Waals surface area contributed by atoms with Gasteiger partial charge in [-0.05, 0) is 48.9 Å². The molecule has 0 aliphatic carbocycles. The van der Waals surface area contributed by atoms with Crippen LogP contribution in [0, 0.1) is 6.92 Å². The molecule has 3 aromatic carbocycles. The van der Waals surface area contributed by atoms with Crippen LogP contribution >= 0.6 is 11.8 Å². The molecule has 7 nitrogen and oxygen atoms in total. The Morgan fingerprint density at radius 3 is 2.31 bits per heavy atom. The molecule has 0 spiro atoms. The number of aromatic nitrogens is 3. The van der Waals surface area contributed by atoms with Crippen LogP contribution in [0.5, 0.6) is 0 Å². The van der Waals surface area contributed by atoms with Gasteiger partial charge < -0.3 is 10.2 Å². The van der Waals surface area contributed by atoms with Gasteiger partial charge in [0.05, 0.1) is 5.75 Å². The van der Waals surface area contributed by atoms with E-state index in [4.69, 9.17) is 0 Å². The van der Waals surface area contributed by atoms with E-state index in [1.165, 1.54) is 28.6 Å². The average Bonchev–Trinajstić information content (AvgIpc) is 3.38. The van der Waals surface area contributed by atoms with Crippen LogP contribution in [0.1, 0.15) is 11.1 Å². The largest absolute Gasteiger partial charge is 0.369 e. The molecule has 1 aliphatic rings. The molecule has 36 heavy (non-hydrogen) atoms. The molecular formula is C28H30N6OS. The Kier molecular flexibility index (Phi) is 7.64. The summed E-state index contributed by atoms with van der Waals surface area (Å²) in [6.45, 7) is 7.12. The van der Waals surface area contributed by atoms with E-state index in [1.54, 1.807) is 6.33 Å². The van der Waals surface area contributed by atoms with Gasteiger partial charge in [-0.15, -0.1) is 10.2 Å². The summed E-state index contributed by atoms with van der Waals surface area (Å²) in [5, 5.41) is 11.9. The van der Waals surface area contributed by atoms with Crippen LogP contribution in [-0.4, -0.2) is 57.5 Å². The smallest absolute Gasteiger partial charge is 0.234 e. The standard InChI is InChI=1S/C28H30N6OS/c1-22-7-11-26(12-8-22)34-21-29-31-28(34)36-20-27(35)30-24-9-13-25(14-10-24)33-17-15-32(16-18-33)19-23-5-3-2-4-6-23/h2-14,21H,15-20H2,1H3,(H,30,35). The quantitative estimate of drug-likeness (QED) is 0.358. The molecule has 1 amide bonds. The van der Waals surface area contributed by atoms with Gasteiger partial charge in [-0.25, -0.2) is 0 Å². The fraction of sp³-hybridized carbons (Fsp3) is 0.250. The first-order chi connectivity index (χ1) is 17.6. The first-order valence-corrected chi connectivity index (χ1v) is 13.1. The molecule has 0 radical (unpaired) electrons. The Bertz CT molecular complexity index is 1270. The molecule has 2 heterocycles. The summed E-state index contributed by atoms with van der Waals surface area (Å²) in [6, 6.07) is 26.9. The maximum atomic E-state index is 12.6. The highest BCUT2D eigenvalue weighted by Gasteiger charge is 2.17. The monoisotopic (exact) mass is 498 g/mol. The first kappa shape index (κ1) is 24.1. The molecule has 4 aromatic rings. The second kappa shape index (κ2) is 11.4. The molecule has 184 valence electrons. The summed E-state index contributed by atoms with van der Waals surface area (Å²) in [5.41, 5.74) is 5.52. The van der Waals surface area contributed by atoms with Crippen LogP contribution in [-0.2, 0) is 11.3 Å². The number of hydrogen-bond donors (Lipinski definition) is 1. The zero-order valence-electron chi connectivity index (χ0n) is 20.4. The van der Waals surface area contributed by atoms with Crippen molar-refractivity contribution in [2.45, 2.75) is 18.6 Å². The lowest BCUT2D eigenvalue weighted by atomic mass is 10.2. The van der Waals surface area contributed by atoms with E-state index < -0.39 is 0 Å². The van der Waals surface area contributed by atoms with E-state index in [0.717, 1.165) is 44.1 Å². The van der Waals surface area contributed by atoms with Gasteiger partial charge in [-0.1, -0.05) is 59.8 Å². The van der Waals surface area contributed by atoms with Gasteiger partial charge in [0.15, 0.2) is 5.16 Å². The molecule has 1 N–H and O–H groups in total. The third-order valence-corrected chi connectivity index (χ3v) is 7.24. The number of nitrogens with one attached hydrogen (secondary N) is 1. The summed E-state index contributed by atoms with van der Waals surface area (Å²) in [5.74, 6) is 0.191. The van der Waals surface area contributed by atoms with Crippen molar-refractivity contribution in [2.75, 3.05) is 42.1 Å². The number of benzene rings is 3. The lowest BCUT2D eigenvalue weighted by molar-refractivity contribution is -0.113. The maximum Gasteiger partial charge on any atom is 0.234 e. The zero-order chi connectivity index (χ0) is 24.7. The highest BCUT2D eigenvalue weighted by atomic mass is 32.2. The van der Waals surface area contributed by atoms with E-state index in [2.05, 4.69) is 74.7 Å². The summed E-state index contributed by atoms with van der Waals surface area (Å²) in [7, 11) is 0. The summed E-state index contributed by atoms with van der Waals surface area (Å²) in [4.78, 5) is 17.5. The van der Waals surface area contributed by atoms with Crippen molar-refractivity contribution >= 4 is 29.0 Å². The normalized spacial score (nSPS) is 14.1. The molecule has 0 unspecified atom stereocenters. The van der Waals surface area contributed by atoms with Crippen molar-refractivity contribution in [2.24, 2.45) is 0 Å². The van der Waals surface area contributed by atoms with Crippen molar-refractivity contribution in [3.8, 4) is 5.69 Å². The van der Waals surface area contributed by atoms with Gasteiger partial charge in [0.25, 0.3) is 0 Å². The molecule has 0 bridgehead atoms. The first-order valence-electron chi connectivity index (χ1n) is 12.1. The molecule has 1 aliphatic heterocycles. The fourth-order valence-electron chi connectivity index (χ4n) is 4.29. The van der Waals surface area contributed by atoms with Crippen LogP contribution < -0.4 is 10.2 Å². The summed E-state index contributed by atoms with van der Waals surface area (Å²) < 4.78 is 1.89. The Morgan fingerprint density at radius 2 is 1.58 bits per heavy atom. The van der Waals surface area contributed by atoms with Crippen molar-refractivity contribution in [3.63, 3.8) is 0 Å². The van der Waals surface area contributed by atoms with Crippen molar-refractivity contribution in [1.29, 1.82) is 0 Å². The minimum absolute atomic E-state index is 0.0688. The van der Waals surface area contributed by atoms with Crippen LogP contribution in [0.25, 0.3) is 5.69 Å². The van der Waals surface area contributed by atoms with Crippen LogP contribution in [0.15, 0.2) is 90.3 Å². The van der Waals surface area contributed by atoms with E-state index in [1.807, 2.05) is 41.0 Å². The zero-order valence-corrected chi connectivity index (χ0v) is 21.2. The van der Waals surface area contributed by atoms with Gasteiger partial charge in [0.2, 0.25) is 5.91 Å². The Morgan fingerprint density at radius 1 is 0.889 bits per heavy atom. The molecular weight excluding hydrogens is 468 g/mol. The molecule has 0 saturated carbocycles. The molecule has 5 rings (SSSR count). The van der Waals surface area contributed by atoms with Gasteiger partial charge in [-0.2, -0.15) is 0 Å². The SMILES string of the molecule is Cc1ccc(-n2cnnc2SCC(=O)Nc2ccc(N3CCN(Cc4ccccc4)CC3)cc2)cc1. The molecule has 1 fully saturated rings. The third-order valence-electron chi connectivity index (χ3n) is 6.30. The Balaban J connectivity index is 1.10. The fourth-order valence-corrected chi connectivity index (χ4v) is 5.02. The number of carbonyl (C=O) groups excluding carboxylic acids is 1. The van der Waals surface area contributed by atoms with Crippen molar-refractivity contribution in [1.82, 2.24) is 19.7 Å². The number of rotatable bonds is 8. The third kappa shape index (κ3) is 6.13. The Labute approximate surface area is 216 Å². The lowest BCUT2D eigenvalue weighted by Gasteiger charge is -2.36. The van der Waals surface area contributed by atoms with Gasteiger partial charge in [0, 0.05) is 49.8 Å². The van der Waals surface area contributed by atoms with Crippen LogP contribution in [0.2, 0.25) is 0 Å². The summed E-state index contributed by atoms with van der Waals surface area (Å²) >= 11 is 1.37. The van der Waals surface area contributed by atoms with E-state index in [0.29, 0.717) is 5.16 Å². The minimum Gasteiger partial charge on any atom is -0.369 e. The number of hydrogen-bond acceptors (Lipinski definition) is 6. The van der Waals surface area contributed by atoms with Crippen LogP contribution in [0.3, 0.4) is 0 Å². The molecule has 8 heteroatoms. The van der Waals surface area contributed by atoms with Gasteiger partial charge in [0.1, 0.15) is 6.33 Å². The highest BCUT2D eigenvalue weighted by Crippen LogP contribution is 2.22.